The molecule has 0 unspecified atom stereocenters. The van der Waals surface area contributed by atoms with Crippen LogP contribution in [0.15, 0.2) is 18.2 Å². The van der Waals surface area contributed by atoms with Gasteiger partial charge >= 0.3 is 0 Å². The molecule has 1 aliphatic carbocycles. The maximum Gasteiger partial charge on any atom is 0.221 e. The quantitative estimate of drug-likeness (QED) is 0.728. The minimum atomic E-state index is 0.0898. The van der Waals surface area contributed by atoms with Crippen LogP contribution in [0.1, 0.15) is 32.0 Å². The number of anilines is 1. The molecule has 1 aromatic heterocycles. The minimum Gasteiger partial charge on any atom is -0.383 e. The highest BCUT2D eigenvalue weighted by molar-refractivity contribution is 6.31. The number of rotatable bonds is 9. The molecule has 1 saturated carbocycles. The summed E-state index contributed by atoms with van der Waals surface area (Å²) in [5.74, 6) is 1.69. The van der Waals surface area contributed by atoms with Crippen molar-refractivity contribution in [2.24, 2.45) is 0 Å². The Labute approximate surface area is 158 Å². The first-order valence-corrected chi connectivity index (χ1v) is 9.48. The van der Waals surface area contributed by atoms with E-state index in [2.05, 4.69) is 15.2 Å². The van der Waals surface area contributed by atoms with Gasteiger partial charge < -0.3 is 15.0 Å². The topological polar surface area (TPSA) is 67.4 Å². The van der Waals surface area contributed by atoms with Crippen molar-refractivity contribution >= 4 is 34.2 Å². The first-order chi connectivity index (χ1) is 12.6. The molecule has 3 rings (SSSR count). The molecule has 7 heteroatoms. The molecule has 26 heavy (non-hydrogen) atoms. The number of hydrogen-bond donors (Lipinski definition) is 1. The highest BCUT2D eigenvalue weighted by atomic mass is 35.5. The van der Waals surface area contributed by atoms with Gasteiger partial charge in [-0.1, -0.05) is 18.5 Å². The van der Waals surface area contributed by atoms with Crippen LogP contribution < -0.4 is 10.2 Å². The third-order valence-electron chi connectivity index (χ3n) is 4.42. The molecule has 0 radical (unpaired) electrons. The summed E-state index contributed by atoms with van der Waals surface area (Å²) in [7, 11) is 1.67. The highest BCUT2D eigenvalue weighted by Crippen LogP contribution is 2.27. The van der Waals surface area contributed by atoms with Crippen LogP contribution in [0.5, 0.6) is 0 Å². The molecule has 140 valence electrons. The lowest BCUT2D eigenvalue weighted by Crippen LogP contribution is -2.34. The van der Waals surface area contributed by atoms with E-state index in [0.29, 0.717) is 37.2 Å². The molecule has 1 fully saturated rings. The number of ether oxygens (including phenoxy) is 1. The second kappa shape index (κ2) is 8.64. The summed E-state index contributed by atoms with van der Waals surface area (Å²) >= 11 is 6.14. The Morgan fingerprint density at radius 1 is 1.35 bits per heavy atom. The third kappa shape index (κ3) is 4.83. The summed E-state index contributed by atoms with van der Waals surface area (Å²) < 4.78 is 5.26. The number of methoxy groups -OCH3 is 1. The molecule has 6 nitrogen and oxygen atoms in total. The fourth-order valence-electron chi connectivity index (χ4n) is 2.82. The number of carbonyl (C=O) groups excluding carboxylic acids is 1. The van der Waals surface area contributed by atoms with E-state index >= 15 is 0 Å². The summed E-state index contributed by atoms with van der Waals surface area (Å²) in [4.78, 5) is 23.5. The molecular weight excluding hydrogens is 352 g/mol. The van der Waals surface area contributed by atoms with E-state index in [4.69, 9.17) is 21.3 Å². The summed E-state index contributed by atoms with van der Waals surface area (Å²) in [6.45, 7) is 3.83. The van der Waals surface area contributed by atoms with Crippen LogP contribution >= 0.6 is 11.6 Å². The van der Waals surface area contributed by atoms with Crippen molar-refractivity contribution in [3.63, 3.8) is 0 Å². The monoisotopic (exact) mass is 376 g/mol. The van der Waals surface area contributed by atoms with E-state index in [1.54, 1.807) is 7.11 Å². The van der Waals surface area contributed by atoms with Crippen LogP contribution in [0.3, 0.4) is 0 Å². The Hall–Kier alpha value is -1.92. The second-order valence-electron chi connectivity index (χ2n) is 6.55. The molecule has 2 aromatic rings. The van der Waals surface area contributed by atoms with Crippen LogP contribution in [0.25, 0.3) is 10.9 Å². The number of carbonyl (C=O) groups is 1. The van der Waals surface area contributed by atoms with Crippen LogP contribution in [0, 0.1) is 0 Å². The first kappa shape index (κ1) is 18.9. The first-order valence-electron chi connectivity index (χ1n) is 9.10. The molecule has 0 bridgehead atoms. The number of nitrogens with zero attached hydrogens (tertiary/aromatic N) is 3. The average molecular weight is 377 g/mol. The maximum atomic E-state index is 12.1. The Morgan fingerprint density at radius 3 is 2.85 bits per heavy atom. The molecule has 0 saturated heterocycles. The molecule has 1 aliphatic rings. The number of aromatic nitrogens is 2. The van der Waals surface area contributed by atoms with E-state index in [1.807, 2.05) is 25.1 Å². The van der Waals surface area contributed by atoms with Gasteiger partial charge in [0.15, 0.2) is 0 Å². The number of amides is 1. The van der Waals surface area contributed by atoms with Crippen molar-refractivity contribution in [2.45, 2.75) is 38.6 Å². The molecule has 0 spiro atoms. The lowest BCUT2D eigenvalue weighted by Gasteiger charge is -2.25. The molecule has 1 N–H and O–H groups in total. The Balaban J connectivity index is 1.87. The molecule has 0 aliphatic heterocycles. The van der Waals surface area contributed by atoms with Gasteiger partial charge in [0.2, 0.25) is 5.91 Å². The van der Waals surface area contributed by atoms with Gasteiger partial charge in [0.05, 0.1) is 12.1 Å². The average Bonchev–Trinajstić information content (AvgIpc) is 3.44. The summed E-state index contributed by atoms with van der Waals surface area (Å²) in [5, 5.41) is 4.62. The Morgan fingerprint density at radius 2 is 2.15 bits per heavy atom. The molecular formula is C19H25ClN4O2. The van der Waals surface area contributed by atoms with Crippen molar-refractivity contribution in [1.82, 2.24) is 15.3 Å². The predicted molar refractivity (Wildman–Crippen MR) is 104 cm³/mol. The van der Waals surface area contributed by atoms with Crippen molar-refractivity contribution in [3.05, 3.63) is 29.0 Å². The number of hydrogen-bond acceptors (Lipinski definition) is 5. The number of nitrogens with one attached hydrogen (secondary N) is 1. The van der Waals surface area contributed by atoms with Gasteiger partial charge in [-0.2, -0.15) is 0 Å². The number of fused-ring (bicyclic) bond motifs is 1. The van der Waals surface area contributed by atoms with Gasteiger partial charge in [-0.05, 0) is 31.0 Å². The summed E-state index contributed by atoms with van der Waals surface area (Å²) in [6, 6.07) is 6.02. The van der Waals surface area contributed by atoms with Gasteiger partial charge in [-0.15, -0.1) is 0 Å². The number of benzene rings is 1. The van der Waals surface area contributed by atoms with Gasteiger partial charge in [-0.25, -0.2) is 9.97 Å². The van der Waals surface area contributed by atoms with Crippen molar-refractivity contribution in [1.29, 1.82) is 0 Å². The standard InChI is InChI=1S/C19H25ClN4O2/c1-3-17-22-16-12-13(20)4-7-15(16)19(23-17)24(10-11-26-2)9-8-18(25)21-14-5-6-14/h4,7,12,14H,3,5-6,8-11H2,1-2H3,(H,21,25). The Kier molecular flexibility index (Phi) is 6.27. The predicted octanol–water partition coefficient (Wildman–Crippen LogP) is 2.97. The smallest absolute Gasteiger partial charge is 0.221 e. The van der Waals surface area contributed by atoms with E-state index in [0.717, 1.165) is 41.8 Å². The summed E-state index contributed by atoms with van der Waals surface area (Å²) in [6.07, 6.45) is 3.35. The van der Waals surface area contributed by atoms with Gasteiger partial charge in [0.25, 0.3) is 0 Å². The largest absolute Gasteiger partial charge is 0.383 e. The lowest BCUT2D eigenvalue weighted by molar-refractivity contribution is -0.121. The van der Waals surface area contributed by atoms with Gasteiger partial charge in [0.1, 0.15) is 11.6 Å². The molecule has 0 atom stereocenters. The Bertz CT molecular complexity index is 779. The van der Waals surface area contributed by atoms with Crippen molar-refractivity contribution in [2.75, 3.05) is 31.7 Å². The lowest BCUT2D eigenvalue weighted by atomic mass is 10.2. The van der Waals surface area contributed by atoms with Gasteiger partial charge in [0, 0.05) is 49.5 Å². The maximum absolute atomic E-state index is 12.1. The minimum absolute atomic E-state index is 0.0898. The van der Waals surface area contributed by atoms with E-state index < -0.39 is 0 Å². The molecule has 1 aromatic carbocycles. The molecule has 1 heterocycles. The molecule has 1 amide bonds. The normalized spacial score (nSPS) is 13.8. The number of aryl methyl sites for hydroxylation is 1. The zero-order chi connectivity index (χ0) is 18.5. The van der Waals surface area contributed by atoms with Crippen molar-refractivity contribution in [3.8, 4) is 0 Å². The SMILES string of the molecule is CCc1nc(N(CCOC)CCC(=O)NC2CC2)c2ccc(Cl)cc2n1. The zero-order valence-electron chi connectivity index (χ0n) is 15.3. The van der Waals surface area contributed by atoms with Crippen molar-refractivity contribution < 1.29 is 9.53 Å². The van der Waals surface area contributed by atoms with Crippen LogP contribution in [0.4, 0.5) is 5.82 Å². The van der Waals surface area contributed by atoms with E-state index in [1.165, 1.54) is 0 Å². The fourth-order valence-corrected chi connectivity index (χ4v) is 2.99. The van der Waals surface area contributed by atoms with Gasteiger partial charge in [-0.3, -0.25) is 4.79 Å². The van der Waals surface area contributed by atoms with Crippen LogP contribution in [-0.2, 0) is 16.0 Å². The second-order valence-corrected chi connectivity index (χ2v) is 6.99. The van der Waals surface area contributed by atoms with Crippen LogP contribution in [-0.4, -0.2) is 48.7 Å². The zero-order valence-corrected chi connectivity index (χ0v) is 16.1. The van der Waals surface area contributed by atoms with E-state index in [9.17, 15) is 4.79 Å². The highest BCUT2D eigenvalue weighted by Gasteiger charge is 2.23. The fraction of sp³-hybridized carbons (Fsp3) is 0.526. The third-order valence-corrected chi connectivity index (χ3v) is 4.65. The van der Waals surface area contributed by atoms with E-state index in [-0.39, 0.29) is 5.91 Å². The summed E-state index contributed by atoms with van der Waals surface area (Å²) in [5.41, 5.74) is 0.823. The number of halogens is 1. The van der Waals surface area contributed by atoms with Crippen LogP contribution in [0.2, 0.25) is 5.02 Å².